The summed E-state index contributed by atoms with van der Waals surface area (Å²) in [5.41, 5.74) is 11.3. The van der Waals surface area contributed by atoms with E-state index >= 15 is 0 Å². The Kier molecular flexibility index (Phi) is 5.18. The third-order valence-corrected chi connectivity index (χ3v) is 2.79. The zero-order valence-corrected chi connectivity index (χ0v) is 10.0. The highest BCUT2D eigenvalue weighted by molar-refractivity contribution is 7.88. The summed E-state index contributed by atoms with van der Waals surface area (Å²) in [6.45, 7) is 0.382. The lowest BCUT2D eigenvalue weighted by Gasteiger charge is -1.94. The van der Waals surface area contributed by atoms with Crippen LogP contribution in [-0.4, -0.2) is 14.3 Å². The highest BCUT2D eigenvalue weighted by atomic mass is 35.5. The van der Waals surface area contributed by atoms with E-state index in [0.29, 0.717) is 12.1 Å². The lowest BCUT2D eigenvalue weighted by molar-refractivity contribution is 0.599. The Bertz CT molecular complexity index is 453. The lowest BCUT2D eigenvalue weighted by atomic mass is 10.3. The smallest absolute Gasteiger partial charge is 0.319 e. The molecule has 9 heteroatoms. The van der Waals surface area contributed by atoms with Crippen LogP contribution in [0.25, 0.3) is 0 Å². The van der Waals surface area contributed by atoms with E-state index in [1.54, 1.807) is 11.4 Å². The number of hydrogen-bond donors (Lipinski definition) is 3. The molecule has 86 valence electrons. The van der Waals surface area contributed by atoms with Gasteiger partial charge in [0.15, 0.2) is 0 Å². The molecule has 0 aliphatic rings. The van der Waals surface area contributed by atoms with Crippen LogP contribution in [0.2, 0.25) is 0 Å². The Morgan fingerprint density at radius 3 is 2.53 bits per heavy atom. The molecule has 0 bridgehead atoms. The van der Waals surface area contributed by atoms with Gasteiger partial charge < -0.3 is 11.5 Å². The molecule has 1 heterocycles. The molecule has 6 N–H and O–H groups in total. The van der Waals surface area contributed by atoms with Crippen LogP contribution in [0.3, 0.4) is 0 Å². The summed E-state index contributed by atoms with van der Waals surface area (Å²) in [4.78, 5) is 0.896. The SMILES string of the molecule is Cl.NCc1cc(C(N)=NS(N)(=O)=O)cs1. The fourth-order valence-corrected chi connectivity index (χ4v) is 1.95. The third-order valence-electron chi connectivity index (χ3n) is 1.38. The molecule has 0 atom stereocenters. The van der Waals surface area contributed by atoms with Crippen molar-refractivity contribution >= 4 is 39.8 Å². The molecular weight excluding hydrogens is 260 g/mol. The zero-order chi connectivity index (χ0) is 10.8. The molecule has 6 nitrogen and oxygen atoms in total. The monoisotopic (exact) mass is 270 g/mol. The molecule has 0 aromatic carbocycles. The number of nitrogens with zero attached hydrogens (tertiary/aromatic N) is 1. The van der Waals surface area contributed by atoms with Crippen molar-refractivity contribution in [3.05, 3.63) is 21.9 Å². The number of rotatable bonds is 3. The van der Waals surface area contributed by atoms with E-state index in [-0.39, 0.29) is 18.2 Å². The Balaban J connectivity index is 0.00000196. The van der Waals surface area contributed by atoms with Gasteiger partial charge in [0.25, 0.3) is 0 Å². The first kappa shape index (κ1) is 14.3. The zero-order valence-electron chi connectivity index (χ0n) is 7.58. The maximum Gasteiger partial charge on any atom is 0.319 e. The summed E-state index contributed by atoms with van der Waals surface area (Å²) < 4.78 is 24.3. The minimum Gasteiger partial charge on any atom is -0.382 e. The van der Waals surface area contributed by atoms with Crippen LogP contribution in [0.1, 0.15) is 10.4 Å². The topological polar surface area (TPSA) is 125 Å². The van der Waals surface area contributed by atoms with E-state index in [0.717, 1.165) is 4.88 Å². The third kappa shape index (κ3) is 4.58. The first-order valence-corrected chi connectivity index (χ1v) is 5.96. The first-order chi connectivity index (χ1) is 6.42. The second kappa shape index (κ2) is 5.42. The lowest BCUT2D eigenvalue weighted by Crippen LogP contribution is -2.18. The normalized spacial score (nSPS) is 12.3. The van der Waals surface area contributed by atoms with Crippen molar-refractivity contribution in [2.24, 2.45) is 21.0 Å². The molecule has 1 aromatic rings. The predicted molar refractivity (Wildman–Crippen MR) is 63.3 cm³/mol. The van der Waals surface area contributed by atoms with Gasteiger partial charge in [-0.05, 0) is 6.07 Å². The first-order valence-electron chi connectivity index (χ1n) is 3.58. The van der Waals surface area contributed by atoms with Crippen molar-refractivity contribution in [1.29, 1.82) is 0 Å². The van der Waals surface area contributed by atoms with Crippen molar-refractivity contribution in [3.63, 3.8) is 0 Å². The van der Waals surface area contributed by atoms with Gasteiger partial charge in [-0.25, -0.2) is 5.14 Å². The summed E-state index contributed by atoms with van der Waals surface area (Å²) in [6.07, 6.45) is 0. The van der Waals surface area contributed by atoms with Crippen LogP contribution < -0.4 is 16.6 Å². The molecule has 0 unspecified atom stereocenters. The molecule has 1 aromatic heterocycles. The van der Waals surface area contributed by atoms with Gasteiger partial charge in [0, 0.05) is 22.4 Å². The molecule has 0 amide bonds. The Hall–Kier alpha value is -0.670. The summed E-state index contributed by atoms with van der Waals surface area (Å²) in [5.74, 6) is -0.122. The molecule has 0 radical (unpaired) electrons. The van der Waals surface area contributed by atoms with Crippen molar-refractivity contribution in [1.82, 2.24) is 0 Å². The van der Waals surface area contributed by atoms with Crippen molar-refractivity contribution in [2.45, 2.75) is 6.54 Å². The summed E-state index contributed by atoms with van der Waals surface area (Å²) >= 11 is 1.38. The fraction of sp³-hybridized carbons (Fsp3) is 0.167. The standard InChI is InChI=1S/C6H10N4O2S2.ClH/c7-2-5-1-4(3-13-5)6(8)10-14(9,11)12;/h1,3H,2,7H2,(H2,8,10)(H2,9,11,12);1H. The molecule has 0 aliphatic carbocycles. The van der Waals surface area contributed by atoms with Crippen LogP contribution in [0, 0.1) is 0 Å². The van der Waals surface area contributed by atoms with Gasteiger partial charge in [0.05, 0.1) is 0 Å². The van der Waals surface area contributed by atoms with Crippen LogP contribution >= 0.6 is 23.7 Å². The Morgan fingerprint density at radius 1 is 1.53 bits per heavy atom. The molecule has 15 heavy (non-hydrogen) atoms. The highest BCUT2D eigenvalue weighted by Gasteiger charge is 2.05. The predicted octanol–water partition coefficient (Wildman–Crippen LogP) is -0.463. The Morgan fingerprint density at radius 2 is 2.13 bits per heavy atom. The van der Waals surface area contributed by atoms with Crippen LogP contribution in [0.4, 0.5) is 0 Å². The Labute approximate surface area is 97.8 Å². The van der Waals surface area contributed by atoms with E-state index in [9.17, 15) is 8.42 Å². The fourth-order valence-electron chi connectivity index (χ4n) is 0.812. The number of amidine groups is 1. The van der Waals surface area contributed by atoms with Gasteiger partial charge >= 0.3 is 10.2 Å². The second-order valence-electron chi connectivity index (χ2n) is 2.50. The van der Waals surface area contributed by atoms with Crippen molar-refractivity contribution in [3.8, 4) is 0 Å². The number of nitrogens with two attached hydrogens (primary N) is 3. The highest BCUT2D eigenvalue weighted by Crippen LogP contribution is 2.13. The summed E-state index contributed by atoms with van der Waals surface area (Å²) in [5, 5.41) is 6.37. The minimum atomic E-state index is -3.93. The van der Waals surface area contributed by atoms with Gasteiger partial charge in [-0.15, -0.1) is 28.1 Å². The van der Waals surface area contributed by atoms with Crippen LogP contribution in [0.5, 0.6) is 0 Å². The quantitative estimate of drug-likeness (QED) is 0.507. The average Bonchev–Trinajstić information content (AvgIpc) is 2.48. The van der Waals surface area contributed by atoms with Crippen LogP contribution in [-0.2, 0) is 16.8 Å². The molecule has 0 aliphatic heterocycles. The van der Waals surface area contributed by atoms with Gasteiger partial charge in [-0.2, -0.15) is 8.42 Å². The maximum absolute atomic E-state index is 10.6. The van der Waals surface area contributed by atoms with Gasteiger partial charge in [-0.3, -0.25) is 0 Å². The van der Waals surface area contributed by atoms with Crippen LogP contribution in [0.15, 0.2) is 15.8 Å². The molecular formula is C6H11ClN4O2S2. The van der Waals surface area contributed by atoms with E-state index < -0.39 is 10.2 Å². The summed E-state index contributed by atoms with van der Waals surface area (Å²) in [7, 11) is -3.93. The molecule has 0 saturated carbocycles. The molecule has 0 saturated heterocycles. The molecule has 0 fully saturated rings. The number of thiophene rings is 1. The number of halogens is 1. The largest absolute Gasteiger partial charge is 0.382 e. The average molecular weight is 271 g/mol. The van der Waals surface area contributed by atoms with E-state index in [2.05, 4.69) is 4.40 Å². The van der Waals surface area contributed by atoms with Crippen molar-refractivity contribution < 1.29 is 8.42 Å². The van der Waals surface area contributed by atoms with Gasteiger partial charge in [0.2, 0.25) is 0 Å². The van der Waals surface area contributed by atoms with Crippen molar-refractivity contribution in [2.75, 3.05) is 0 Å². The van der Waals surface area contributed by atoms with E-state index in [4.69, 9.17) is 16.6 Å². The maximum atomic E-state index is 10.6. The molecule has 1 rings (SSSR count). The van der Waals surface area contributed by atoms with Gasteiger partial charge in [0.1, 0.15) is 5.84 Å². The minimum absolute atomic E-state index is 0. The molecule has 0 spiro atoms. The van der Waals surface area contributed by atoms with E-state index in [1.165, 1.54) is 11.3 Å². The second-order valence-corrected chi connectivity index (χ2v) is 4.71. The van der Waals surface area contributed by atoms with Gasteiger partial charge in [-0.1, -0.05) is 0 Å². The summed E-state index contributed by atoms with van der Waals surface area (Å²) in [6, 6.07) is 1.68. The van der Waals surface area contributed by atoms with E-state index in [1.807, 2.05) is 0 Å². The number of hydrogen-bond acceptors (Lipinski definition) is 4.